The topological polar surface area (TPSA) is 77.4 Å². The molecular formula is C26H28N2O4S. The summed E-state index contributed by atoms with van der Waals surface area (Å²) in [5.41, 5.74) is 4.97. The van der Waals surface area contributed by atoms with Gasteiger partial charge in [-0.05, 0) is 54.3 Å². The average Bonchev–Trinajstić information content (AvgIpc) is 3.04. The highest BCUT2D eigenvalue weighted by Crippen LogP contribution is 2.27. The number of methoxy groups -OCH3 is 1. The quantitative estimate of drug-likeness (QED) is 0.496. The van der Waals surface area contributed by atoms with Crippen LogP contribution in [0.4, 0.5) is 0 Å². The fourth-order valence-corrected chi connectivity index (χ4v) is 4.91. The molecule has 0 bridgehead atoms. The molecule has 0 aliphatic carbocycles. The van der Waals surface area contributed by atoms with Crippen LogP contribution in [0.3, 0.4) is 0 Å². The standard InChI is InChI=1S/C26H28N2O4S/c1-6-7-11-23-19(3)28(4)17-22(23)15-20-13-14-21(16-24(20)32-5)26(29)27-33(30,31)25-12-9-8-10-18(25)2/h6-14,16-17H,1,15H2,2-5H3,(H,27,29)/b11-7-. The highest BCUT2D eigenvalue weighted by atomic mass is 32.2. The minimum atomic E-state index is -3.99. The van der Waals surface area contributed by atoms with Crippen molar-refractivity contribution in [2.45, 2.75) is 25.2 Å². The smallest absolute Gasteiger partial charge is 0.265 e. The van der Waals surface area contributed by atoms with Gasteiger partial charge in [-0.1, -0.05) is 49.1 Å². The Bertz CT molecular complexity index is 1330. The number of carbonyl (C=O) groups is 1. The summed E-state index contributed by atoms with van der Waals surface area (Å²) in [6.07, 6.45) is 8.29. The maximum absolute atomic E-state index is 12.7. The lowest BCUT2D eigenvalue weighted by Gasteiger charge is -2.12. The van der Waals surface area contributed by atoms with Gasteiger partial charge >= 0.3 is 0 Å². The first-order valence-electron chi connectivity index (χ1n) is 10.4. The third kappa shape index (κ3) is 5.26. The zero-order valence-electron chi connectivity index (χ0n) is 19.3. The van der Waals surface area contributed by atoms with E-state index in [4.69, 9.17) is 4.74 Å². The molecule has 1 aromatic heterocycles. The molecule has 0 spiro atoms. The monoisotopic (exact) mass is 464 g/mol. The molecule has 0 radical (unpaired) electrons. The van der Waals surface area contributed by atoms with E-state index in [2.05, 4.69) is 22.1 Å². The molecular weight excluding hydrogens is 436 g/mol. The number of aromatic nitrogens is 1. The lowest BCUT2D eigenvalue weighted by Crippen LogP contribution is -2.31. The zero-order chi connectivity index (χ0) is 24.2. The van der Waals surface area contributed by atoms with E-state index < -0.39 is 15.9 Å². The van der Waals surface area contributed by atoms with Gasteiger partial charge in [-0.25, -0.2) is 13.1 Å². The van der Waals surface area contributed by atoms with Crippen LogP contribution in [-0.2, 0) is 23.5 Å². The Hall–Kier alpha value is -3.58. The molecule has 0 aliphatic heterocycles. The van der Waals surface area contributed by atoms with Gasteiger partial charge in [0, 0.05) is 30.9 Å². The predicted octanol–water partition coefficient (Wildman–Crippen LogP) is 4.56. The molecule has 6 nitrogen and oxygen atoms in total. The minimum Gasteiger partial charge on any atom is -0.496 e. The first kappa shape index (κ1) is 24.1. The van der Waals surface area contributed by atoms with E-state index in [-0.39, 0.29) is 10.5 Å². The van der Waals surface area contributed by atoms with E-state index in [0.717, 1.165) is 22.4 Å². The van der Waals surface area contributed by atoms with Gasteiger partial charge in [0.05, 0.1) is 12.0 Å². The average molecular weight is 465 g/mol. The van der Waals surface area contributed by atoms with Crippen molar-refractivity contribution in [2.24, 2.45) is 7.05 Å². The molecule has 7 heteroatoms. The third-order valence-electron chi connectivity index (χ3n) is 5.55. The van der Waals surface area contributed by atoms with Gasteiger partial charge in [-0.15, -0.1) is 0 Å². The number of amides is 1. The van der Waals surface area contributed by atoms with E-state index in [1.165, 1.54) is 13.2 Å². The maximum Gasteiger partial charge on any atom is 0.265 e. The molecule has 0 fully saturated rings. The van der Waals surface area contributed by atoms with Crippen molar-refractivity contribution in [3.63, 3.8) is 0 Å². The van der Waals surface area contributed by atoms with E-state index in [0.29, 0.717) is 17.7 Å². The summed E-state index contributed by atoms with van der Waals surface area (Å²) < 4.78 is 35.1. The number of sulfonamides is 1. The summed E-state index contributed by atoms with van der Waals surface area (Å²) in [6.45, 7) is 7.46. The van der Waals surface area contributed by atoms with Crippen molar-refractivity contribution in [3.8, 4) is 5.75 Å². The Kier molecular flexibility index (Phi) is 7.23. The number of rotatable bonds is 8. The van der Waals surface area contributed by atoms with E-state index in [1.54, 1.807) is 49.4 Å². The Morgan fingerprint density at radius 2 is 1.88 bits per heavy atom. The van der Waals surface area contributed by atoms with Crippen LogP contribution in [-0.4, -0.2) is 26.0 Å². The van der Waals surface area contributed by atoms with Gasteiger partial charge in [0.2, 0.25) is 0 Å². The predicted molar refractivity (Wildman–Crippen MR) is 131 cm³/mol. The van der Waals surface area contributed by atoms with Crippen molar-refractivity contribution in [1.29, 1.82) is 0 Å². The van der Waals surface area contributed by atoms with Crippen molar-refractivity contribution < 1.29 is 17.9 Å². The van der Waals surface area contributed by atoms with Gasteiger partial charge in [0.25, 0.3) is 15.9 Å². The second-order valence-corrected chi connectivity index (χ2v) is 9.41. The van der Waals surface area contributed by atoms with Crippen LogP contribution < -0.4 is 9.46 Å². The van der Waals surface area contributed by atoms with Crippen molar-refractivity contribution >= 4 is 22.0 Å². The van der Waals surface area contributed by atoms with Gasteiger partial charge in [0.15, 0.2) is 0 Å². The van der Waals surface area contributed by atoms with Crippen LogP contribution in [0.2, 0.25) is 0 Å². The Labute approximate surface area is 195 Å². The normalized spacial score (nSPS) is 11.5. The summed E-state index contributed by atoms with van der Waals surface area (Å²) in [6, 6.07) is 11.5. The highest BCUT2D eigenvalue weighted by molar-refractivity contribution is 7.90. The van der Waals surface area contributed by atoms with Crippen LogP contribution in [0.25, 0.3) is 6.08 Å². The Balaban J connectivity index is 1.88. The van der Waals surface area contributed by atoms with Gasteiger partial charge in [-0.2, -0.15) is 0 Å². The van der Waals surface area contributed by atoms with Crippen LogP contribution in [0, 0.1) is 13.8 Å². The Morgan fingerprint density at radius 3 is 2.55 bits per heavy atom. The number of hydrogen-bond donors (Lipinski definition) is 1. The minimum absolute atomic E-state index is 0.0708. The molecule has 0 atom stereocenters. The molecule has 2 aromatic carbocycles. The number of benzene rings is 2. The highest BCUT2D eigenvalue weighted by Gasteiger charge is 2.21. The zero-order valence-corrected chi connectivity index (χ0v) is 20.1. The summed E-state index contributed by atoms with van der Waals surface area (Å²) in [4.78, 5) is 12.8. The van der Waals surface area contributed by atoms with Crippen LogP contribution in [0.5, 0.6) is 5.75 Å². The summed E-state index contributed by atoms with van der Waals surface area (Å²) >= 11 is 0. The number of aryl methyl sites for hydroxylation is 2. The number of carbonyl (C=O) groups excluding carboxylic acids is 1. The maximum atomic E-state index is 12.7. The Morgan fingerprint density at radius 1 is 1.15 bits per heavy atom. The molecule has 172 valence electrons. The molecule has 0 unspecified atom stereocenters. The van der Waals surface area contributed by atoms with Gasteiger partial charge in [-0.3, -0.25) is 4.79 Å². The van der Waals surface area contributed by atoms with Crippen molar-refractivity contribution in [3.05, 3.63) is 101 Å². The van der Waals surface area contributed by atoms with Crippen LogP contribution >= 0.6 is 0 Å². The van der Waals surface area contributed by atoms with E-state index in [1.807, 2.05) is 26.1 Å². The first-order chi connectivity index (χ1) is 15.7. The third-order valence-corrected chi connectivity index (χ3v) is 7.04. The number of hydrogen-bond acceptors (Lipinski definition) is 4. The van der Waals surface area contributed by atoms with E-state index in [9.17, 15) is 13.2 Å². The SMILES string of the molecule is C=C/C=C\c1c(Cc2ccc(C(=O)NS(=O)(=O)c3ccccc3C)cc2OC)cn(C)c1C. The summed E-state index contributed by atoms with van der Waals surface area (Å²) in [5.74, 6) is -0.204. The molecule has 3 aromatic rings. The lowest BCUT2D eigenvalue weighted by molar-refractivity contribution is 0.0981. The van der Waals surface area contributed by atoms with Crippen molar-refractivity contribution in [1.82, 2.24) is 9.29 Å². The molecule has 1 N–H and O–H groups in total. The van der Waals surface area contributed by atoms with Gasteiger partial charge < -0.3 is 9.30 Å². The number of nitrogens with one attached hydrogen (secondary N) is 1. The second kappa shape index (κ2) is 9.92. The van der Waals surface area contributed by atoms with Crippen LogP contribution in [0.1, 0.15) is 38.3 Å². The van der Waals surface area contributed by atoms with E-state index >= 15 is 0 Å². The summed E-state index contributed by atoms with van der Waals surface area (Å²) in [5, 5.41) is 0. The van der Waals surface area contributed by atoms with Crippen LogP contribution in [0.15, 0.2) is 72.3 Å². The molecule has 1 heterocycles. The fourth-order valence-electron chi connectivity index (χ4n) is 3.69. The fraction of sp³-hybridized carbons (Fsp3) is 0.192. The largest absolute Gasteiger partial charge is 0.496 e. The second-order valence-electron chi connectivity index (χ2n) is 7.76. The first-order valence-corrected chi connectivity index (χ1v) is 11.9. The summed E-state index contributed by atoms with van der Waals surface area (Å²) in [7, 11) is -0.475. The molecule has 0 saturated carbocycles. The molecule has 3 rings (SSSR count). The molecule has 33 heavy (non-hydrogen) atoms. The molecule has 0 saturated heterocycles. The van der Waals surface area contributed by atoms with Gasteiger partial charge in [0.1, 0.15) is 5.75 Å². The number of nitrogens with zero attached hydrogens (tertiary/aromatic N) is 1. The molecule has 0 aliphatic rings. The molecule has 1 amide bonds. The number of ether oxygens (including phenoxy) is 1. The number of allylic oxidation sites excluding steroid dienone is 2. The van der Waals surface area contributed by atoms with Crippen molar-refractivity contribution in [2.75, 3.05) is 7.11 Å². The lowest BCUT2D eigenvalue weighted by atomic mass is 10.00.